The molecule has 1 aliphatic heterocycles. The van der Waals surface area contributed by atoms with Gasteiger partial charge in [0.05, 0.1) is 24.9 Å². The van der Waals surface area contributed by atoms with E-state index in [-0.39, 0.29) is 18.4 Å². The van der Waals surface area contributed by atoms with E-state index in [1.54, 1.807) is 18.1 Å². The van der Waals surface area contributed by atoms with E-state index in [4.69, 9.17) is 14.9 Å². The molecule has 0 aliphatic carbocycles. The van der Waals surface area contributed by atoms with Crippen LogP contribution in [0.2, 0.25) is 0 Å². The van der Waals surface area contributed by atoms with Crippen LogP contribution >= 0.6 is 0 Å². The highest BCUT2D eigenvalue weighted by molar-refractivity contribution is 6.02. The summed E-state index contributed by atoms with van der Waals surface area (Å²) in [5.74, 6) is 0.685. The van der Waals surface area contributed by atoms with E-state index in [1.807, 2.05) is 25.1 Å². The zero-order valence-electron chi connectivity index (χ0n) is 15.0. The summed E-state index contributed by atoms with van der Waals surface area (Å²) in [7, 11) is 1.56. The topological polar surface area (TPSA) is 97.8 Å². The summed E-state index contributed by atoms with van der Waals surface area (Å²) in [6, 6.07) is 6.67. The predicted molar refractivity (Wildman–Crippen MR) is 97.0 cm³/mol. The van der Waals surface area contributed by atoms with Crippen LogP contribution in [0, 0.1) is 6.92 Å². The number of nitrogens with zero attached hydrogens (tertiary/aromatic N) is 1. The minimum atomic E-state index is -0.524. The number of likely N-dealkylation sites (tertiary alicyclic amines) is 1. The Morgan fingerprint density at radius 1 is 1.38 bits per heavy atom. The first-order chi connectivity index (χ1) is 12.5. The van der Waals surface area contributed by atoms with Crippen molar-refractivity contribution in [1.29, 1.82) is 0 Å². The lowest BCUT2D eigenvalue weighted by Crippen LogP contribution is -2.43. The minimum absolute atomic E-state index is 0.220. The second-order valence-corrected chi connectivity index (χ2v) is 6.36. The maximum atomic E-state index is 12.8. The number of aryl methyl sites for hydroxylation is 1. The summed E-state index contributed by atoms with van der Waals surface area (Å²) < 4.78 is 10.5. The van der Waals surface area contributed by atoms with Crippen LogP contribution in [0.4, 0.5) is 5.69 Å². The molecule has 0 saturated carbocycles. The number of ether oxygens (including phenoxy) is 1. The first kappa shape index (κ1) is 18.0. The van der Waals surface area contributed by atoms with Gasteiger partial charge in [0.2, 0.25) is 5.91 Å². The third kappa shape index (κ3) is 3.57. The van der Waals surface area contributed by atoms with Crippen molar-refractivity contribution in [2.75, 3.05) is 19.0 Å². The maximum Gasteiger partial charge on any atom is 0.257 e. The van der Waals surface area contributed by atoms with Gasteiger partial charge in [-0.15, -0.1) is 0 Å². The molecule has 0 spiro atoms. The minimum Gasteiger partial charge on any atom is -0.495 e. The molecule has 1 atom stereocenters. The molecular weight excluding hydrogens is 334 g/mol. The van der Waals surface area contributed by atoms with Crippen LogP contribution in [-0.4, -0.2) is 36.4 Å². The largest absolute Gasteiger partial charge is 0.495 e. The average molecular weight is 357 g/mol. The van der Waals surface area contributed by atoms with E-state index in [1.165, 1.54) is 6.26 Å². The van der Waals surface area contributed by atoms with Gasteiger partial charge in [0.1, 0.15) is 23.8 Å². The number of nitrogens with one attached hydrogen (secondary N) is 1. The highest BCUT2D eigenvalue weighted by atomic mass is 16.5. The molecule has 1 aliphatic rings. The monoisotopic (exact) mass is 357 g/mol. The molecule has 3 rings (SSSR count). The Kier molecular flexibility index (Phi) is 5.27. The van der Waals surface area contributed by atoms with Crippen LogP contribution in [0.5, 0.6) is 5.75 Å². The van der Waals surface area contributed by atoms with Gasteiger partial charge in [-0.25, -0.2) is 0 Å². The number of nitrogens with two attached hydrogens (primary N) is 1. The standard InChI is InChI=1S/C19H23N3O4/c1-12-5-6-17(25-2)15(8-12)21-18(23)16-4-3-7-22(16)19(24)13-9-14(10-20)26-11-13/h5-6,8-9,11,16H,3-4,7,10,20H2,1-2H3,(H,21,23). The van der Waals surface area contributed by atoms with Crippen molar-refractivity contribution in [3.8, 4) is 5.75 Å². The Morgan fingerprint density at radius 2 is 2.19 bits per heavy atom. The third-order valence-electron chi connectivity index (χ3n) is 4.53. The van der Waals surface area contributed by atoms with Crippen molar-refractivity contribution in [2.24, 2.45) is 5.73 Å². The van der Waals surface area contributed by atoms with E-state index in [0.29, 0.717) is 35.7 Å². The number of amides is 2. The smallest absolute Gasteiger partial charge is 0.257 e. The number of methoxy groups -OCH3 is 1. The van der Waals surface area contributed by atoms with Gasteiger partial charge in [-0.3, -0.25) is 9.59 Å². The van der Waals surface area contributed by atoms with Crippen LogP contribution in [0.1, 0.15) is 34.5 Å². The summed E-state index contributed by atoms with van der Waals surface area (Å²) in [5, 5.41) is 2.90. The molecule has 26 heavy (non-hydrogen) atoms. The van der Waals surface area contributed by atoms with Gasteiger partial charge in [-0.2, -0.15) is 0 Å². The Morgan fingerprint density at radius 3 is 2.88 bits per heavy atom. The maximum absolute atomic E-state index is 12.8. The van der Waals surface area contributed by atoms with Crippen molar-refractivity contribution in [2.45, 2.75) is 32.4 Å². The van der Waals surface area contributed by atoms with Crippen molar-refractivity contribution < 1.29 is 18.7 Å². The number of benzene rings is 1. The normalized spacial score (nSPS) is 16.6. The number of anilines is 1. The van der Waals surface area contributed by atoms with E-state index in [0.717, 1.165) is 12.0 Å². The molecule has 2 amide bonds. The second-order valence-electron chi connectivity index (χ2n) is 6.36. The molecule has 0 radical (unpaired) electrons. The molecule has 1 saturated heterocycles. The summed E-state index contributed by atoms with van der Waals surface area (Å²) >= 11 is 0. The van der Waals surface area contributed by atoms with Gasteiger partial charge in [0.15, 0.2) is 0 Å². The fourth-order valence-electron chi connectivity index (χ4n) is 3.18. The van der Waals surface area contributed by atoms with Crippen molar-refractivity contribution >= 4 is 17.5 Å². The second kappa shape index (κ2) is 7.61. The number of furan rings is 1. The van der Waals surface area contributed by atoms with Crippen molar-refractivity contribution in [1.82, 2.24) is 4.90 Å². The lowest BCUT2D eigenvalue weighted by atomic mass is 10.1. The SMILES string of the molecule is COc1ccc(C)cc1NC(=O)C1CCCN1C(=O)c1coc(CN)c1. The van der Waals surface area contributed by atoms with Crippen molar-refractivity contribution in [3.05, 3.63) is 47.4 Å². The summed E-state index contributed by atoms with van der Waals surface area (Å²) in [6.45, 7) is 2.70. The number of rotatable bonds is 5. The molecule has 1 aromatic carbocycles. The molecule has 0 bridgehead atoms. The molecule has 2 aromatic rings. The summed E-state index contributed by atoms with van der Waals surface area (Å²) in [5.41, 5.74) is 7.55. The number of hydrogen-bond acceptors (Lipinski definition) is 5. The highest BCUT2D eigenvalue weighted by Crippen LogP contribution is 2.27. The first-order valence-corrected chi connectivity index (χ1v) is 8.57. The molecule has 3 N–H and O–H groups in total. The lowest BCUT2D eigenvalue weighted by Gasteiger charge is -2.24. The van der Waals surface area contributed by atoms with Gasteiger partial charge in [0, 0.05) is 6.54 Å². The zero-order valence-corrected chi connectivity index (χ0v) is 15.0. The predicted octanol–water partition coefficient (Wildman–Crippen LogP) is 2.30. The Hall–Kier alpha value is -2.80. The first-order valence-electron chi connectivity index (χ1n) is 8.57. The number of hydrogen-bond donors (Lipinski definition) is 2. The summed E-state index contributed by atoms with van der Waals surface area (Å²) in [4.78, 5) is 27.1. The zero-order chi connectivity index (χ0) is 18.7. The van der Waals surface area contributed by atoms with E-state index in [9.17, 15) is 9.59 Å². The van der Waals surface area contributed by atoms with Gasteiger partial charge >= 0.3 is 0 Å². The van der Waals surface area contributed by atoms with Crippen LogP contribution in [0.15, 0.2) is 34.9 Å². The Bertz CT molecular complexity index is 815. The quantitative estimate of drug-likeness (QED) is 0.856. The van der Waals surface area contributed by atoms with Gasteiger partial charge < -0.3 is 25.1 Å². The van der Waals surface area contributed by atoms with Crippen LogP contribution in [0.3, 0.4) is 0 Å². The van der Waals surface area contributed by atoms with Crippen LogP contribution < -0.4 is 15.8 Å². The van der Waals surface area contributed by atoms with E-state index in [2.05, 4.69) is 5.32 Å². The third-order valence-corrected chi connectivity index (χ3v) is 4.53. The van der Waals surface area contributed by atoms with E-state index >= 15 is 0 Å². The number of carbonyl (C=O) groups excluding carboxylic acids is 2. The van der Waals surface area contributed by atoms with Gasteiger partial charge in [-0.05, 0) is 43.5 Å². The fourth-order valence-corrected chi connectivity index (χ4v) is 3.18. The molecule has 138 valence electrons. The van der Waals surface area contributed by atoms with Crippen molar-refractivity contribution in [3.63, 3.8) is 0 Å². The number of carbonyl (C=O) groups is 2. The van der Waals surface area contributed by atoms with Gasteiger partial charge in [-0.1, -0.05) is 6.07 Å². The molecule has 1 aromatic heterocycles. The molecule has 1 unspecified atom stereocenters. The Labute approximate surface area is 152 Å². The van der Waals surface area contributed by atoms with Crippen LogP contribution in [-0.2, 0) is 11.3 Å². The van der Waals surface area contributed by atoms with Gasteiger partial charge in [0.25, 0.3) is 5.91 Å². The Balaban J connectivity index is 1.76. The molecule has 1 fully saturated rings. The molecule has 7 nitrogen and oxygen atoms in total. The highest BCUT2D eigenvalue weighted by Gasteiger charge is 2.35. The van der Waals surface area contributed by atoms with Crippen LogP contribution in [0.25, 0.3) is 0 Å². The fraction of sp³-hybridized carbons (Fsp3) is 0.368. The summed E-state index contributed by atoms with van der Waals surface area (Å²) in [6.07, 6.45) is 2.78. The average Bonchev–Trinajstić information content (AvgIpc) is 3.30. The molecule has 2 heterocycles. The molecule has 7 heteroatoms. The molecular formula is C19H23N3O4. The van der Waals surface area contributed by atoms with E-state index < -0.39 is 6.04 Å². The lowest BCUT2D eigenvalue weighted by molar-refractivity contribution is -0.119.